The normalized spacial score (nSPS) is 17.4. The van der Waals surface area contributed by atoms with E-state index in [1.54, 1.807) is 0 Å². The van der Waals surface area contributed by atoms with Gasteiger partial charge in [0.2, 0.25) is 0 Å². The number of hydrogen-bond acceptors (Lipinski definition) is 2. The van der Waals surface area contributed by atoms with Gasteiger partial charge in [-0.05, 0) is 65.7 Å². The van der Waals surface area contributed by atoms with Gasteiger partial charge in [-0.3, -0.25) is 0 Å². The number of rotatable bonds is 6. The Bertz CT molecular complexity index is 453. The van der Waals surface area contributed by atoms with Crippen molar-refractivity contribution >= 4 is 21.6 Å². The quantitative estimate of drug-likeness (QED) is 0.750. The summed E-state index contributed by atoms with van der Waals surface area (Å²) < 4.78 is 1.11. The smallest absolute Gasteiger partial charge is 0.0762 e. The second kappa shape index (κ2) is 7.64. The monoisotopic (exact) mass is 353 g/mol. The first kappa shape index (κ1) is 16.8. The molecule has 1 aromatic rings. The molecule has 0 bridgehead atoms. The van der Waals surface area contributed by atoms with Crippen molar-refractivity contribution in [2.45, 2.75) is 65.0 Å². The third-order valence-corrected chi connectivity index (χ3v) is 5.11. The number of halogens is 1. The number of aliphatic hydroxyl groups excluding tert-OH is 1. The van der Waals surface area contributed by atoms with Gasteiger partial charge in [-0.25, -0.2) is 0 Å². The van der Waals surface area contributed by atoms with Gasteiger partial charge in [-0.2, -0.15) is 0 Å². The van der Waals surface area contributed by atoms with Crippen LogP contribution in [0.4, 0.5) is 5.69 Å². The molecular formula is C18H28BrNO. The minimum absolute atomic E-state index is 0.411. The van der Waals surface area contributed by atoms with Gasteiger partial charge in [0.05, 0.1) is 11.8 Å². The molecule has 1 fully saturated rings. The lowest BCUT2D eigenvalue weighted by molar-refractivity contribution is 0.199. The average Bonchev–Trinajstić information content (AvgIpc) is 2.94. The lowest BCUT2D eigenvalue weighted by Crippen LogP contribution is -2.35. The van der Waals surface area contributed by atoms with E-state index in [0.29, 0.717) is 6.04 Å². The zero-order valence-corrected chi connectivity index (χ0v) is 15.1. The van der Waals surface area contributed by atoms with Crippen LogP contribution in [0.15, 0.2) is 22.7 Å². The largest absolute Gasteiger partial charge is 0.389 e. The van der Waals surface area contributed by atoms with Crippen molar-refractivity contribution in [1.29, 1.82) is 0 Å². The van der Waals surface area contributed by atoms with Crippen molar-refractivity contribution in [2.24, 2.45) is 5.92 Å². The predicted octanol–water partition coefficient (Wildman–Crippen LogP) is 5.30. The van der Waals surface area contributed by atoms with Gasteiger partial charge >= 0.3 is 0 Å². The first-order chi connectivity index (χ1) is 9.99. The van der Waals surface area contributed by atoms with Crippen LogP contribution in [0.1, 0.15) is 64.5 Å². The summed E-state index contributed by atoms with van der Waals surface area (Å²) in [6, 6.07) is 6.97. The molecule has 0 radical (unpaired) electrons. The fourth-order valence-electron chi connectivity index (χ4n) is 3.13. The first-order valence-electron chi connectivity index (χ1n) is 8.23. The molecule has 1 unspecified atom stereocenters. The standard InChI is InChI=1S/C18H28BrNO/c1-13(2)10-11-20(16-6-4-5-7-16)18-9-8-15(14(3)21)12-17(18)19/h8-9,12-14,16,21H,4-7,10-11H2,1-3H3. The molecule has 118 valence electrons. The third-order valence-electron chi connectivity index (χ3n) is 4.48. The highest BCUT2D eigenvalue weighted by molar-refractivity contribution is 9.10. The summed E-state index contributed by atoms with van der Waals surface area (Å²) in [5.41, 5.74) is 2.26. The molecule has 2 rings (SSSR count). The lowest BCUT2D eigenvalue weighted by atomic mass is 10.1. The zero-order chi connectivity index (χ0) is 15.4. The van der Waals surface area contributed by atoms with E-state index >= 15 is 0 Å². The van der Waals surface area contributed by atoms with Crippen LogP contribution in [0.2, 0.25) is 0 Å². The van der Waals surface area contributed by atoms with E-state index < -0.39 is 6.10 Å². The van der Waals surface area contributed by atoms with Crippen molar-refractivity contribution in [1.82, 2.24) is 0 Å². The fourth-order valence-corrected chi connectivity index (χ4v) is 3.75. The van der Waals surface area contributed by atoms with Gasteiger partial charge in [0, 0.05) is 17.1 Å². The van der Waals surface area contributed by atoms with Crippen LogP contribution in [0, 0.1) is 5.92 Å². The number of aliphatic hydroxyl groups is 1. The van der Waals surface area contributed by atoms with Gasteiger partial charge in [0.25, 0.3) is 0 Å². The summed E-state index contributed by atoms with van der Waals surface area (Å²) >= 11 is 3.72. The summed E-state index contributed by atoms with van der Waals surface area (Å²) in [6.07, 6.45) is 6.14. The van der Waals surface area contributed by atoms with Gasteiger partial charge in [0.15, 0.2) is 0 Å². The summed E-state index contributed by atoms with van der Waals surface area (Å²) in [5, 5.41) is 9.73. The Morgan fingerprint density at radius 1 is 1.24 bits per heavy atom. The molecule has 0 saturated heterocycles. The Labute approximate surface area is 137 Å². The maximum absolute atomic E-state index is 9.73. The average molecular weight is 354 g/mol. The van der Waals surface area contributed by atoms with Crippen LogP contribution in [-0.4, -0.2) is 17.7 Å². The molecule has 0 aromatic heterocycles. The predicted molar refractivity (Wildman–Crippen MR) is 93.8 cm³/mol. The van der Waals surface area contributed by atoms with E-state index in [1.807, 2.05) is 6.92 Å². The van der Waals surface area contributed by atoms with Crippen LogP contribution in [0.5, 0.6) is 0 Å². The molecular weight excluding hydrogens is 326 g/mol. The minimum Gasteiger partial charge on any atom is -0.389 e. The van der Waals surface area contributed by atoms with Crippen LogP contribution < -0.4 is 4.90 Å². The molecule has 21 heavy (non-hydrogen) atoms. The number of benzene rings is 1. The molecule has 1 atom stereocenters. The molecule has 1 aromatic carbocycles. The number of hydrogen-bond donors (Lipinski definition) is 1. The summed E-state index contributed by atoms with van der Waals surface area (Å²) in [4.78, 5) is 2.59. The van der Waals surface area contributed by atoms with Crippen LogP contribution >= 0.6 is 15.9 Å². The van der Waals surface area contributed by atoms with E-state index in [4.69, 9.17) is 0 Å². The third kappa shape index (κ3) is 4.46. The molecule has 0 heterocycles. The van der Waals surface area contributed by atoms with Crippen molar-refractivity contribution < 1.29 is 5.11 Å². The second-order valence-corrected chi connectivity index (χ2v) is 7.56. The minimum atomic E-state index is -0.411. The Morgan fingerprint density at radius 3 is 2.43 bits per heavy atom. The molecule has 1 aliphatic carbocycles. The van der Waals surface area contributed by atoms with E-state index in [1.165, 1.54) is 37.8 Å². The second-order valence-electron chi connectivity index (χ2n) is 6.70. The van der Waals surface area contributed by atoms with Crippen LogP contribution in [0.3, 0.4) is 0 Å². The molecule has 0 aliphatic heterocycles. The summed E-state index contributed by atoms with van der Waals surface area (Å²) in [6.45, 7) is 7.51. The molecule has 0 amide bonds. The maximum Gasteiger partial charge on any atom is 0.0762 e. The highest BCUT2D eigenvalue weighted by Crippen LogP contribution is 2.35. The van der Waals surface area contributed by atoms with E-state index in [-0.39, 0.29) is 0 Å². The Balaban J connectivity index is 2.22. The van der Waals surface area contributed by atoms with Crippen molar-refractivity contribution in [3.05, 3.63) is 28.2 Å². The highest BCUT2D eigenvalue weighted by atomic mass is 79.9. The number of nitrogens with zero attached hydrogens (tertiary/aromatic N) is 1. The molecule has 1 saturated carbocycles. The molecule has 1 aliphatic rings. The summed E-state index contributed by atoms with van der Waals surface area (Å²) in [7, 11) is 0. The Hall–Kier alpha value is -0.540. The van der Waals surface area contributed by atoms with Crippen molar-refractivity contribution in [3.63, 3.8) is 0 Å². The fraction of sp³-hybridized carbons (Fsp3) is 0.667. The van der Waals surface area contributed by atoms with Crippen molar-refractivity contribution in [3.8, 4) is 0 Å². The number of anilines is 1. The van der Waals surface area contributed by atoms with Crippen LogP contribution in [0.25, 0.3) is 0 Å². The van der Waals surface area contributed by atoms with Crippen molar-refractivity contribution in [2.75, 3.05) is 11.4 Å². The van der Waals surface area contributed by atoms with Gasteiger partial charge in [-0.1, -0.05) is 32.8 Å². The van der Waals surface area contributed by atoms with Gasteiger partial charge in [0.1, 0.15) is 0 Å². The SMILES string of the molecule is CC(C)CCN(c1ccc(C(C)O)cc1Br)C1CCCC1. The molecule has 3 heteroatoms. The highest BCUT2D eigenvalue weighted by Gasteiger charge is 2.24. The Morgan fingerprint density at radius 2 is 1.90 bits per heavy atom. The van der Waals surface area contributed by atoms with Gasteiger partial charge in [-0.15, -0.1) is 0 Å². The topological polar surface area (TPSA) is 23.5 Å². The molecule has 2 nitrogen and oxygen atoms in total. The van der Waals surface area contributed by atoms with Gasteiger partial charge < -0.3 is 10.0 Å². The zero-order valence-electron chi connectivity index (χ0n) is 13.5. The van der Waals surface area contributed by atoms with Crippen LogP contribution in [-0.2, 0) is 0 Å². The van der Waals surface area contributed by atoms with E-state index in [0.717, 1.165) is 22.5 Å². The van der Waals surface area contributed by atoms with E-state index in [9.17, 15) is 5.11 Å². The van der Waals surface area contributed by atoms with E-state index in [2.05, 4.69) is 52.9 Å². The lowest BCUT2D eigenvalue weighted by Gasteiger charge is -2.33. The molecule has 1 N–H and O–H groups in total. The maximum atomic E-state index is 9.73. The Kier molecular flexibility index (Phi) is 6.12. The molecule has 0 spiro atoms. The summed E-state index contributed by atoms with van der Waals surface area (Å²) in [5.74, 6) is 0.726. The first-order valence-corrected chi connectivity index (χ1v) is 9.02.